The van der Waals surface area contributed by atoms with E-state index < -0.39 is 5.92 Å². The third kappa shape index (κ3) is 2.26. The summed E-state index contributed by atoms with van der Waals surface area (Å²) < 4.78 is 4.73. The minimum absolute atomic E-state index is 0.0717. The zero-order chi connectivity index (χ0) is 14.2. The fourth-order valence-corrected chi connectivity index (χ4v) is 3.81. The molecular weight excluding hydrogens is 252 g/mol. The number of methoxy groups -OCH3 is 1. The predicted octanol–water partition coefficient (Wildman–Crippen LogP) is 2.70. The summed E-state index contributed by atoms with van der Waals surface area (Å²) in [6.07, 6.45) is 5.21. The third-order valence-corrected chi connectivity index (χ3v) is 5.00. The number of esters is 1. The van der Waals surface area contributed by atoms with Gasteiger partial charge in [0.25, 0.3) is 0 Å². The minimum atomic E-state index is -0.525. The molecule has 0 heterocycles. The highest BCUT2D eigenvalue weighted by molar-refractivity contribution is 5.99. The molecule has 0 aromatic heterocycles. The van der Waals surface area contributed by atoms with E-state index in [0.717, 1.165) is 25.7 Å². The maximum absolute atomic E-state index is 12.3. The molecule has 1 aromatic carbocycles. The van der Waals surface area contributed by atoms with Crippen LogP contribution in [0.25, 0.3) is 0 Å². The van der Waals surface area contributed by atoms with Crippen LogP contribution in [-0.4, -0.2) is 18.9 Å². The molecule has 0 saturated heterocycles. The van der Waals surface area contributed by atoms with Gasteiger partial charge in [-0.1, -0.05) is 24.3 Å². The second-order valence-electron chi connectivity index (χ2n) is 6.20. The van der Waals surface area contributed by atoms with Gasteiger partial charge in [-0.2, -0.15) is 0 Å². The monoisotopic (exact) mass is 272 g/mol. The number of hydrogen-bond donors (Lipinski definition) is 0. The zero-order valence-electron chi connectivity index (χ0n) is 11.9. The van der Waals surface area contributed by atoms with Gasteiger partial charge in [0.2, 0.25) is 0 Å². The Bertz CT molecular complexity index is 549. The Morgan fingerprint density at radius 1 is 1.20 bits per heavy atom. The van der Waals surface area contributed by atoms with Crippen LogP contribution >= 0.6 is 0 Å². The van der Waals surface area contributed by atoms with Crippen LogP contribution in [0, 0.1) is 11.3 Å². The fourth-order valence-electron chi connectivity index (χ4n) is 3.81. The van der Waals surface area contributed by atoms with Crippen molar-refractivity contribution in [1.82, 2.24) is 0 Å². The molecule has 1 saturated carbocycles. The summed E-state index contributed by atoms with van der Waals surface area (Å²) in [5.41, 5.74) is 2.87. The molecule has 3 heteroatoms. The van der Waals surface area contributed by atoms with E-state index in [1.54, 1.807) is 0 Å². The topological polar surface area (TPSA) is 43.4 Å². The largest absolute Gasteiger partial charge is 0.468 e. The van der Waals surface area contributed by atoms with Gasteiger partial charge in [-0.3, -0.25) is 9.59 Å². The van der Waals surface area contributed by atoms with Crippen molar-refractivity contribution in [3.05, 3.63) is 35.4 Å². The van der Waals surface area contributed by atoms with Crippen molar-refractivity contribution in [2.24, 2.45) is 11.3 Å². The van der Waals surface area contributed by atoms with Crippen LogP contribution in [0.2, 0.25) is 0 Å². The third-order valence-electron chi connectivity index (χ3n) is 5.00. The number of aryl methyl sites for hydroxylation is 1. The number of benzene rings is 1. The summed E-state index contributed by atoms with van der Waals surface area (Å²) in [5.74, 6) is -0.814. The Balaban J connectivity index is 1.77. The van der Waals surface area contributed by atoms with Gasteiger partial charge in [-0.25, -0.2) is 0 Å². The van der Waals surface area contributed by atoms with Crippen molar-refractivity contribution in [1.29, 1.82) is 0 Å². The van der Waals surface area contributed by atoms with E-state index in [1.807, 2.05) is 0 Å². The molecule has 0 amide bonds. The molecule has 2 atom stereocenters. The van der Waals surface area contributed by atoms with E-state index in [4.69, 9.17) is 4.74 Å². The summed E-state index contributed by atoms with van der Waals surface area (Å²) in [4.78, 5) is 23.9. The van der Waals surface area contributed by atoms with Crippen molar-refractivity contribution in [3.8, 4) is 0 Å². The Labute approximate surface area is 119 Å². The van der Waals surface area contributed by atoms with E-state index in [1.165, 1.54) is 18.2 Å². The summed E-state index contributed by atoms with van der Waals surface area (Å²) in [6.45, 7) is 0. The highest BCUT2D eigenvalue weighted by Crippen LogP contribution is 2.46. The number of rotatable bonds is 1. The molecule has 106 valence electrons. The van der Waals surface area contributed by atoms with Crippen molar-refractivity contribution in [2.45, 2.75) is 38.5 Å². The van der Waals surface area contributed by atoms with Crippen LogP contribution < -0.4 is 0 Å². The number of ketones is 1. The molecule has 1 aromatic rings. The highest BCUT2D eigenvalue weighted by Gasteiger charge is 2.44. The van der Waals surface area contributed by atoms with Gasteiger partial charge < -0.3 is 4.74 Å². The molecule has 20 heavy (non-hydrogen) atoms. The SMILES string of the molecule is COC(=O)C1CC[C@]2(CCc3ccccc3C2)CC1=O. The van der Waals surface area contributed by atoms with Crippen molar-refractivity contribution < 1.29 is 14.3 Å². The summed E-state index contributed by atoms with van der Waals surface area (Å²) in [7, 11) is 1.36. The average molecular weight is 272 g/mol. The number of fused-ring (bicyclic) bond motifs is 1. The van der Waals surface area contributed by atoms with E-state index in [0.29, 0.717) is 12.8 Å². The van der Waals surface area contributed by atoms with Gasteiger partial charge >= 0.3 is 5.97 Å². The molecular formula is C17H20O3. The van der Waals surface area contributed by atoms with Crippen LogP contribution in [-0.2, 0) is 27.2 Å². The Morgan fingerprint density at radius 2 is 1.95 bits per heavy atom. The van der Waals surface area contributed by atoms with E-state index >= 15 is 0 Å². The first-order valence-corrected chi connectivity index (χ1v) is 7.31. The van der Waals surface area contributed by atoms with Gasteiger partial charge in [0.1, 0.15) is 11.7 Å². The van der Waals surface area contributed by atoms with Gasteiger partial charge in [-0.15, -0.1) is 0 Å². The standard InChI is InChI=1S/C17H20O3/c1-20-16(19)14-7-9-17(11-15(14)18)8-6-12-4-2-3-5-13(12)10-17/h2-5,14H,6-11H2,1H3/t14?,17-/m0/s1. The Hall–Kier alpha value is -1.64. The van der Waals surface area contributed by atoms with Crippen LogP contribution in [0.4, 0.5) is 0 Å². The second kappa shape index (κ2) is 5.04. The lowest BCUT2D eigenvalue weighted by Crippen LogP contribution is -2.41. The first-order chi connectivity index (χ1) is 9.63. The highest BCUT2D eigenvalue weighted by atomic mass is 16.5. The quantitative estimate of drug-likeness (QED) is 0.583. The summed E-state index contributed by atoms with van der Waals surface area (Å²) in [5, 5.41) is 0. The second-order valence-corrected chi connectivity index (χ2v) is 6.20. The summed E-state index contributed by atoms with van der Waals surface area (Å²) in [6, 6.07) is 8.51. The van der Waals surface area contributed by atoms with Crippen LogP contribution in [0.5, 0.6) is 0 Å². The van der Waals surface area contributed by atoms with Crippen molar-refractivity contribution in [3.63, 3.8) is 0 Å². The van der Waals surface area contributed by atoms with Gasteiger partial charge in [0.15, 0.2) is 0 Å². The molecule has 0 aliphatic heterocycles. The average Bonchev–Trinajstić information content (AvgIpc) is 2.46. The minimum Gasteiger partial charge on any atom is -0.468 e. The zero-order valence-corrected chi connectivity index (χ0v) is 11.9. The molecule has 0 radical (unpaired) electrons. The van der Waals surface area contributed by atoms with E-state index in [2.05, 4.69) is 24.3 Å². The lowest BCUT2D eigenvalue weighted by atomic mass is 9.61. The fraction of sp³-hybridized carbons (Fsp3) is 0.529. The molecule has 3 nitrogen and oxygen atoms in total. The van der Waals surface area contributed by atoms with Crippen LogP contribution in [0.15, 0.2) is 24.3 Å². The lowest BCUT2D eigenvalue weighted by molar-refractivity contribution is -0.152. The first kappa shape index (κ1) is 13.3. The first-order valence-electron chi connectivity index (χ1n) is 7.31. The van der Waals surface area contributed by atoms with E-state index in [-0.39, 0.29) is 17.2 Å². The summed E-state index contributed by atoms with van der Waals surface area (Å²) >= 11 is 0. The van der Waals surface area contributed by atoms with Crippen LogP contribution in [0.1, 0.15) is 36.8 Å². The number of ether oxygens (including phenoxy) is 1. The van der Waals surface area contributed by atoms with Gasteiger partial charge in [-0.05, 0) is 48.6 Å². The maximum Gasteiger partial charge on any atom is 0.316 e. The van der Waals surface area contributed by atoms with Crippen LogP contribution in [0.3, 0.4) is 0 Å². The Kier molecular flexibility index (Phi) is 3.36. The predicted molar refractivity (Wildman–Crippen MR) is 75.3 cm³/mol. The van der Waals surface area contributed by atoms with Crippen molar-refractivity contribution >= 4 is 11.8 Å². The number of carbonyl (C=O) groups is 2. The molecule has 2 aliphatic rings. The molecule has 0 N–H and O–H groups in total. The normalized spacial score (nSPS) is 29.1. The van der Waals surface area contributed by atoms with E-state index in [9.17, 15) is 9.59 Å². The van der Waals surface area contributed by atoms with Gasteiger partial charge in [0.05, 0.1) is 7.11 Å². The molecule has 0 bridgehead atoms. The molecule has 1 unspecified atom stereocenters. The lowest BCUT2D eigenvalue weighted by Gasteiger charge is -2.42. The maximum atomic E-state index is 12.3. The number of carbonyl (C=O) groups excluding carboxylic acids is 2. The molecule has 1 fully saturated rings. The van der Waals surface area contributed by atoms with Gasteiger partial charge in [0, 0.05) is 6.42 Å². The van der Waals surface area contributed by atoms with Crippen molar-refractivity contribution in [2.75, 3.05) is 7.11 Å². The molecule has 1 spiro atoms. The molecule has 2 aliphatic carbocycles. The number of hydrogen-bond acceptors (Lipinski definition) is 3. The smallest absolute Gasteiger partial charge is 0.316 e. The Morgan fingerprint density at radius 3 is 2.65 bits per heavy atom. The molecule has 3 rings (SSSR count). The number of Topliss-reactive ketones (excluding diaryl/α,β-unsaturated/α-hetero) is 1.